The molecule has 98 valence electrons. The molecule has 1 heterocycles. The van der Waals surface area contributed by atoms with E-state index in [1.165, 1.54) is 63.7 Å². The molecule has 18 heavy (non-hydrogen) atoms. The van der Waals surface area contributed by atoms with Crippen molar-refractivity contribution in [3.05, 3.63) is 29.3 Å². The molecule has 0 amide bonds. The average Bonchev–Trinajstić information content (AvgIpc) is 2.42. The van der Waals surface area contributed by atoms with Crippen LogP contribution < -0.4 is 4.90 Å². The minimum absolute atomic E-state index is 0.696. The number of benzene rings is 1. The number of hydrogen-bond acceptors (Lipinski definition) is 1. The van der Waals surface area contributed by atoms with Gasteiger partial charge in [-0.05, 0) is 55.4 Å². The molecule has 0 radical (unpaired) electrons. The van der Waals surface area contributed by atoms with Crippen molar-refractivity contribution in [2.24, 2.45) is 5.41 Å². The molecule has 1 aliphatic carbocycles. The first-order valence-corrected chi connectivity index (χ1v) is 7.66. The van der Waals surface area contributed by atoms with E-state index in [4.69, 9.17) is 11.6 Å². The summed E-state index contributed by atoms with van der Waals surface area (Å²) >= 11 is 5.95. The largest absolute Gasteiger partial charge is 0.371 e. The molecule has 2 heteroatoms. The van der Waals surface area contributed by atoms with E-state index in [2.05, 4.69) is 17.0 Å². The Bertz CT molecular complexity index is 382. The van der Waals surface area contributed by atoms with Gasteiger partial charge in [0, 0.05) is 23.8 Å². The van der Waals surface area contributed by atoms with Crippen molar-refractivity contribution in [2.75, 3.05) is 18.0 Å². The smallest absolute Gasteiger partial charge is 0.0407 e. The second-order valence-electron chi connectivity index (χ2n) is 6.02. The first-order valence-electron chi connectivity index (χ1n) is 7.28. The third-order valence-electron chi connectivity index (χ3n) is 4.93. The highest BCUT2D eigenvalue weighted by molar-refractivity contribution is 6.30. The van der Waals surface area contributed by atoms with Crippen LogP contribution in [0.2, 0.25) is 5.02 Å². The molecule has 1 aromatic rings. The molecule has 0 bridgehead atoms. The van der Waals surface area contributed by atoms with Crippen LogP contribution in [0.1, 0.15) is 44.9 Å². The van der Waals surface area contributed by atoms with Crippen LogP contribution in [0.5, 0.6) is 0 Å². The van der Waals surface area contributed by atoms with Gasteiger partial charge in [-0.25, -0.2) is 0 Å². The Kier molecular flexibility index (Phi) is 3.52. The Morgan fingerprint density at radius 3 is 2.06 bits per heavy atom. The lowest BCUT2D eigenvalue weighted by molar-refractivity contribution is 0.144. The molecule has 1 nitrogen and oxygen atoms in total. The average molecular weight is 264 g/mol. The minimum Gasteiger partial charge on any atom is -0.371 e. The summed E-state index contributed by atoms with van der Waals surface area (Å²) in [5.74, 6) is 0. The van der Waals surface area contributed by atoms with Gasteiger partial charge in [-0.1, -0.05) is 30.9 Å². The maximum atomic E-state index is 5.95. The molecule has 2 aliphatic rings. The minimum atomic E-state index is 0.696. The summed E-state index contributed by atoms with van der Waals surface area (Å²) in [6.45, 7) is 2.45. The summed E-state index contributed by atoms with van der Waals surface area (Å²) < 4.78 is 0. The Morgan fingerprint density at radius 1 is 0.833 bits per heavy atom. The first kappa shape index (κ1) is 12.3. The zero-order valence-electron chi connectivity index (χ0n) is 11.0. The quantitative estimate of drug-likeness (QED) is 0.697. The molecule has 1 aromatic carbocycles. The van der Waals surface area contributed by atoms with Crippen molar-refractivity contribution in [3.63, 3.8) is 0 Å². The van der Waals surface area contributed by atoms with Crippen LogP contribution in [0.15, 0.2) is 24.3 Å². The molecule has 1 saturated heterocycles. The molecular weight excluding hydrogens is 242 g/mol. The Hall–Kier alpha value is -0.690. The molecule has 0 atom stereocenters. The molecule has 0 unspecified atom stereocenters. The standard InChI is InChI=1S/C16H22ClN/c17-14-4-6-15(7-5-14)18-12-10-16(11-13-18)8-2-1-3-9-16/h4-7H,1-3,8-13H2. The lowest BCUT2D eigenvalue weighted by atomic mass is 9.68. The van der Waals surface area contributed by atoms with Crippen molar-refractivity contribution >= 4 is 17.3 Å². The van der Waals surface area contributed by atoms with Gasteiger partial charge in [0.05, 0.1) is 0 Å². The van der Waals surface area contributed by atoms with Gasteiger partial charge in [-0.2, -0.15) is 0 Å². The Morgan fingerprint density at radius 2 is 1.44 bits per heavy atom. The van der Waals surface area contributed by atoms with Gasteiger partial charge in [0.15, 0.2) is 0 Å². The number of rotatable bonds is 1. The predicted octanol–water partition coefficient (Wildman–Crippen LogP) is 4.89. The van der Waals surface area contributed by atoms with Gasteiger partial charge in [-0.3, -0.25) is 0 Å². The van der Waals surface area contributed by atoms with Gasteiger partial charge in [0.1, 0.15) is 0 Å². The highest BCUT2D eigenvalue weighted by atomic mass is 35.5. The maximum Gasteiger partial charge on any atom is 0.0407 e. The summed E-state index contributed by atoms with van der Waals surface area (Å²) in [5.41, 5.74) is 2.03. The van der Waals surface area contributed by atoms with Crippen LogP contribution in [0.3, 0.4) is 0 Å². The van der Waals surface area contributed by atoms with E-state index >= 15 is 0 Å². The van der Waals surface area contributed by atoms with E-state index in [0.29, 0.717) is 5.41 Å². The van der Waals surface area contributed by atoms with Crippen LogP contribution in [-0.2, 0) is 0 Å². The van der Waals surface area contributed by atoms with Crippen LogP contribution in [0, 0.1) is 5.41 Å². The van der Waals surface area contributed by atoms with Gasteiger partial charge in [-0.15, -0.1) is 0 Å². The van der Waals surface area contributed by atoms with Gasteiger partial charge in [0.25, 0.3) is 0 Å². The van der Waals surface area contributed by atoms with Gasteiger partial charge in [0.2, 0.25) is 0 Å². The number of halogens is 1. The summed E-state index contributed by atoms with van der Waals surface area (Å²) in [6.07, 6.45) is 10.1. The van der Waals surface area contributed by atoms with E-state index < -0.39 is 0 Å². The lowest BCUT2D eigenvalue weighted by Crippen LogP contribution is -2.41. The number of piperidine rings is 1. The first-order chi connectivity index (χ1) is 8.77. The van der Waals surface area contributed by atoms with E-state index in [1.54, 1.807) is 0 Å². The topological polar surface area (TPSA) is 3.24 Å². The zero-order valence-corrected chi connectivity index (χ0v) is 11.8. The van der Waals surface area contributed by atoms with E-state index in [0.717, 1.165) is 5.02 Å². The molecule has 1 spiro atoms. The molecule has 3 rings (SSSR count). The molecule has 1 saturated carbocycles. The van der Waals surface area contributed by atoms with Crippen LogP contribution >= 0.6 is 11.6 Å². The number of nitrogens with zero attached hydrogens (tertiary/aromatic N) is 1. The fourth-order valence-electron chi connectivity index (χ4n) is 3.69. The predicted molar refractivity (Wildman–Crippen MR) is 78.4 cm³/mol. The molecule has 0 N–H and O–H groups in total. The Labute approximate surface area is 115 Å². The normalized spacial score (nSPS) is 23.3. The summed E-state index contributed by atoms with van der Waals surface area (Å²) in [5, 5.41) is 0.833. The fraction of sp³-hybridized carbons (Fsp3) is 0.625. The maximum absolute atomic E-state index is 5.95. The third-order valence-corrected chi connectivity index (χ3v) is 5.18. The molecule has 1 aliphatic heterocycles. The second kappa shape index (κ2) is 5.13. The lowest BCUT2D eigenvalue weighted by Gasteiger charge is -2.45. The fourth-order valence-corrected chi connectivity index (χ4v) is 3.82. The summed E-state index contributed by atoms with van der Waals surface area (Å²) in [6, 6.07) is 8.31. The molecule has 0 aromatic heterocycles. The van der Waals surface area contributed by atoms with Gasteiger partial charge < -0.3 is 4.90 Å². The van der Waals surface area contributed by atoms with Crippen molar-refractivity contribution < 1.29 is 0 Å². The second-order valence-corrected chi connectivity index (χ2v) is 6.46. The van der Waals surface area contributed by atoms with E-state index in [1.807, 2.05) is 12.1 Å². The SMILES string of the molecule is Clc1ccc(N2CCC3(CCCCC3)CC2)cc1. The van der Waals surface area contributed by atoms with E-state index in [-0.39, 0.29) is 0 Å². The summed E-state index contributed by atoms with van der Waals surface area (Å²) in [4.78, 5) is 2.52. The highest BCUT2D eigenvalue weighted by Gasteiger charge is 2.35. The third kappa shape index (κ3) is 2.51. The summed E-state index contributed by atoms with van der Waals surface area (Å²) in [7, 11) is 0. The zero-order chi connectivity index (χ0) is 12.4. The van der Waals surface area contributed by atoms with Crippen molar-refractivity contribution in [3.8, 4) is 0 Å². The Balaban J connectivity index is 1.64. The van der Waals surface area contributed by atoms with Crippen molar-refractivity contribution in [1.82, 2.24) is 0 Å². The molecule has 2 fully saturated rings. The van der Waals surface area contributed by atoms with Crippen molar-refractivity contribution in [2.45, 2.75) is 44.9 Å². The monoisotopic (exact) mass is 263 g/mol. The van der Waals surface area contributed by atoms with Crippen molar-refractivity contribution in [1.29, 1.82) is 0 Å². The van der Waals surface area contributed by atoms with Crippen LogP contribution in [0.25, 0.3) is 0 Å². The van der Waals surface area contributed by atoms with Gasteiger partial charge >= 0.3 is 0 Å². The molecular formula is C16H22ClN. The highest BCUT2D eigenvalue weighted by Crippen LogP contribution is 2.45. The number of hydrogen-bond donors (Lipinski definition) is 0. The number of anilines is 1. The van der Waals surface area contributed by atoms with Crippen LogP contribution in [0.4, 0.5) is 5.69 Å². The van der Waals surface area contributed by atoms with Crippen LogP contribution in [-0.4, -0.2) is 13.1 Å². The van der Waals surface area contributed by atoms with E-state index in [9.17, 15) is 0 Å².